The highest BCUT2D eigenvalue weighted by Crippen LogP contribution is 2.21. The zero-order chi connectivity index (χ0) is 15.0. The number of rotatable bonds is 4. The zero-order valence-corrected chi connectivity index (χ0v) is 9.49. The summed E-state index contributed by atoms with van der Waals surface area (Å²) in [7, 11) is 0. The Morgan fingerprint density at radius 1 is 0.889 bits per heavy atom. The molecular weight excluding hydrogens is 294 g/mol. The van der Waals surface area contributed by atoms with Gasteiger partial charge in [-0.2, -0.15) is 26.3 Å². The minimum atomic E-state index is -4.35. The Balaban J connectivity index is 0. The van der Waals surface area contributed by atoms with Crippen LogP contribution < -0.4 is 0 Å². The number of halogens is 7. The molecule has 18 heavy (non-hydrogen) atoms. The van der Waals surface area contributed by atoms with Gasteiger partial charge in [0.2, 0.25) is 5.24 Å². The van der Waals surface area contributed by atoms with Crippen LogP contribution in [0.2, 0.25) is 0 Å². The Hall–Kier alpha value is -0.990. The second-order valence-corrected chi connectivity index (χ2v) is 3.40. The van der Waals surface area contributed by atoms with Gasteiger partial charge in [0, 0.05) is 6.42 Å². The first-order chi connectivity index (χ1) is 7.83. The second kappa shape index (κ2) is 8.17. The van der Waals surface area contributed by atoms with Crippen molar-refractivity contribution in [3.8, 4) is 0 Å². The number of hydrogen-bond donors (Lipinski definition) is 1. The second-order valence-electron chi connectivity index (χ2n) is 2.98. The van der Waals surface area contributed by atoms with Gasteiger partial charge in [0.15, 0.2) is 0 Å². The molecule has 0 aliphatic carbocycles. The van der Waals surface area contributed by atoms with E-state index in [1.807, 2.05) is 0 Å². The molecule has 0 radical (unpaired) electrons. The number of carbonyl (C=O) groups excluding carboxylic acids is 1. The molecule has 0 saturated heterocycles. The first kappa shape index (κ1) is 19.4. The van der Waals surface area contributed by atoms with Crippen LogP contribution in [0.4, 0.5) is 26.3 Å². The summed E-state index contributed by atoms with van der Waals surface area (Å²) in [5.41, 5.74) is 0. The van der Waals surface area contributed by atoms with Crippen LogP contribution in [0, 0.1) is 0 Å². The van der Waals surface area contributed by atoms with Gasteiger partial charge in [-0.3, -0.25) is 9.59 Å². The molecule has 3 nitrogen and oxygen atoms in total. The van der Waals surface area contributed by atoms with E-state index >= 15 is 0 Å². The molecule has 0 unspecified atom stereocenters. The molecular formula is C8H9ClF6O3. The molecule has 0 bridgehead atoms. The summed E-state index contributed by atoms with van der Waals surface area (Å²) in [5, 5.41) is 6.83. The largest absolute Gasteiger partial charge is 0.481 e. The van der Waals surface area contributed by atoms with Gasteiger partial charge in [-0.25, -0.2) is 0 Å². The van der Waals surface area contributed by atoms with E-state index in [0.29, 0.717) is 0 Å². The van der Waals surface area contributed by atoms with E-state index in [9.17, 15) is 35.9 Å². The number of carboxylic acids is 1. The minimum absolute atomic E-state index is 0.634. The van der Waals surface area contributed by atoms with Gasteiger partial charge in [0.1, 0.15) is 0 Å². The van der Waals surface area contributed by atoms with E-state index in [1.54, 1.807) is 0 Å². The van der Waals surface area contributed by atoms with Crippen LogP contribution >= 0.6 is 11.6 Å². The SMILES string of the molecule is O=C(Cl)CCC(F)(F)F.O=C(O)CCC(F)(F)F. The van der Waals surface area contributed by atoms with Gasteiger partial charge in [-0.15, -0.1) is 0 Å². The minimum Gasteiger partial charge on any atom is -0.481 e. The molecule has 0 spiro atoms. The fourth-order valence-corrected chi connectivity index (χ4v) is 0.583. The smallest absolute Gasteiger partial charge is 0.389 e. The molecule has 0 fully saturated rings. The van der Waals surface area contributed by atoms with Crippen LogP contribution in [0.1, 0.15) is 25.7 Å². The van der Waals surface area contributed by atoms with Crippen LogP contribution in [0.25, 0.3) is 0 Å². The molecule has 10 heteroatoms. The van der Waals surface area contributed by atoms with Crippen molar-refractivity contribution < 1.29 is 41.0 Å². The van der Waals surface area contributed by atoms with Crippen LogP contribution in [0.3, 0.4) is 0 Å². The average molecular weight is 303 g/mol. The standard InChI is InChI=1S/C4H4ClF3O.C4H5F3O2/c5-3(9)1-2-4(6,7)8;5-4(6,7)2-1-3(8)9/h1-2H2;1-2H2,(H,8,9). The molecule has 0 rings (SSSR count). The van der Waals surface area contributed by atoms with E-state index in [4.69, 9.17) is 5.11 Å². The van der Waals surface area contributed by atoms with Crippen molar-refractivity contribution in [1.82, 2.24) is 0 Å². The Kier molecular flexibility index (Phi) is 8.79. The van der Waals surface area contributed by atoms with E-state index < -0.39 is 49.2 Å². The predicted molar refractivity (Wildman–Crippen MR) is 49.1 cm³/mol. The fraction of sp³-hybridized carbons (Fsp3) is 0.750. The van der Waals surface area contributed by atoms with Crippen LogP contribution in [-0.4, -0.2) is 28.7 Å². The van der Waals surface area contributed by atoms with Crippen molar-refractivity contribution in [2.24, 2.45) is 0 Å². The molecule has 0 aromatic rings. The molecule has 0 saturated carbocycles. The first-order valence-electron chi connectivity index (χ1n) is 4.37. The van der Waals surface area contributed by atoms with Gasteiger partial charge in [-0.1, -0.05) is 0 Å². The third-order valence-electron chi connectivity index (χ3n) is 1.23. The summed E-state index contributed by atoms with van der Waals surface area (Å²) in [5.74, 6) is -1.42. The van der Waals surface area contributed by atoms with Crippen LogP contribution in [-0.2, 0) is 9.59 Å². The lowest BCUT2D eigenvalue weighted by Crippen LogP contribution is -2.09. The highest BCUT2D eigenvalue weighted by molar-refractivity contribution is 6.63. The number of alkyl halides is 6. The highest BCUT2D eigenvalue weighted by atomic mass is 35.5. The van der Waals surface area contributed by atoms with E-state index in [0.717, 1.165) is 0 Å². The molecule has 108 valence electrons. The molecule has 0 heterocycles. The predicted octanol–water partition coefficient (Wildman–Crippen LogP) is 3.51. The summed E-state index contributed by atoms with van der Waals surface area (Å²) in [6, 6.07) is 0. The molecule has 0 aliphatic heterocycles. The summed E-state index contributed by atoms with van der Waals surface area (Å²) >= 11 is 4.64. The molecule has 1 N–H and O–H groups in total. The lowest BCUT2D eigenvalue weighted by atomic mass is 10.3. The molecule has 0 aliphatic rings. The molecule has 0 amide bonds. The number of carboxylic acid groups (broad SMARTS) is 1. The summed E-state index contributed by atoms with van der Waals surface area (Å²) in [4.78, 5) is 19.3. The average Bonchev–Trinajstić information content (AvgIpc) is 2.10. The monoisotopic (exact) mass is 302 g/mol. The Morgan fingerprint density at radius 3 is 1.33 bits per heavy atom. The maximum atomic E-state index is 11.2. The Morgan fingerprint density at radius 2 is 1.22 bits per heavy atom. The van der Waals surface area contributed by atoms with Gasteiger partial charge in [0.05, 0.1) is 19.3 Å². The van der Waals surface area contributed by atoms with E-state index in [2.05, 4.69) is 11.6 Å². The normalized spacial score (nSPS) is 11.5. The van der Waals surface area contributed by atoms with Crippen molar-refractivity contribution in [1.29, 1.82) is 0 Å². The summed E-state index contributed by atoms with van der Waals surface area (Å²) in [6.45, 7) is 0. The van der Waals surface area contributed by atoms with Gasteiger partial charge >= 0.3 is 18.3 Å². The van der Waals surface area contributed by atoms with Crippen molar-refractivity contribution in [3.63, 3.8) is 0 Å². The summed E-state index contributed by atoms with van der Waals surface area (Å²) in [6.07, 6.45) is -12.5. The van der Waals surface area contributed by atoms with Gasteiger partial charge in [0.25, 0.3) is 0 Å². The molecule has 0 aromatic heterocycles. The molecule has 0 aromatic carbocycles. The fourth-order valence-electron chi connectivity index (χ4n) is 0.489. The summed E-state index contributed by atoms with van der Waals surface area (Å²) < 4.78 is 67.1. The van der Waals surface area contributed by atoms with Crippen LogP contribution in [0.5, 0.6) is 0 Å². The third kappa shape index (κ3) is 24.3. The number of carbonyl (C=O) groups is 2. The van der Waals surface area contributed by atoms with E-state index in [1.165, 1.54) is 0 Å². The number of aliphatic carboxylic acids is 1. The maximum absolute atomic E-state index is 11.2. The Labute approximate surface area is 103 Å². The Bertz CT molecular complexity index is 245. The maximum Gasteiger partial charge on any atom is 0.389 e. The van der Waals surface area contributed by atoms with Crippen molar-refractivity contribution in [2.75, 3.05) is 0 Å². The lowest BCUT2D eigenvalue weighted by molar-refractivity contribution is -0.152. The topological polar surface area (TPSA) is 54.4 Å². The third-order valence-corrected chi connectivity index (χ3v) is 1.42. The lowest BCUT2D eigenvalue weighted by Gasteiger charge is -2.01. The van der Waals surface area contributed by atoms with Crippen LogP contribution in [0.15, 0.2) is 0 Å². The van der Waals surface area contributed by atoms with Gasteiger partial charge in [-0.05, 0) is 11.6 Å². The van der Waals surface area contributed by atoms with Crippen molar-refractivity contribution in [2.45, 2.75) is 38.0 Å². The van der Waals surface area contributed by atoms with E-state index in [-0.39, 0.29) is 0 Å². The van der Waals surface area contributed by atoms with Crippen molar-refractivity contribution in [3.05, 3.63) is 0 Å². The van der Waals surface area contributed by atoms with Gasteiger partial charge < -0.3 is 5.11 Å². The highest BCUT2D eigenvalue weighted by Gasteiger charge is 2.28. The first-order valence-corrected chi connectivity index (χ1v) is 4.75. The molecule has 0 atom stereocenters. The zero-order valence-electron chi connectivity index (χ0n) is 8.74. The quantitative estimate of drug-likeness (QED) is 0.638. The number of hydrogen-bond acceptors (Lipinski definition) is 2. The van der Waals surface area contributed by atoms with Crippen molar-refractivity contribution >= 4 is 22.8 Å².